The molecule has 1 aliphatic rings. The fraction of sp³-hybridized carbons (Fsp3) is 0.300. The normalized spacial score (nSPS) is 15.1. The Balaban J connectivity index is 2.53. The van der Waals surface area contributed by atoms with Gasteiger partial charge in [-0.1, -0.05) is 6.07 Å². The number of hydrogen-bond donors (Lipinski definition) is 0. The van der Waals surface area contributed by atoms with E-state index in [1.165, 1.54) is 6.07 Å². The van der Waals surface area contributed by atoms with Crippen LogP contribution < -0.4 is 4.74 Å². The molecule has 0 N–H and O–H groups in total. The molecule has 0 saturated carbocycles. The van der Waals surface area contributed by atoms with Crippen LogP contribution in [-0.4, -0.2) is 5.97 Å². The maximum absolute atomic E-state index is 13.2. The molecule has 0 fully saturated rings. The van der Waals surface area contributed by atoms with Crippen LogP contribution in [0.5, 0.6) is 5.75 Å². The van der Waals surface area contributed by atoms with E-state index in [2.05, 4.69) is 0 Å². The van der Waals surface area contributed by atoms with E-state index in [0.29, 0.717) is 12.8 Å². The lowest BCUT2D eigenvalue weighted by Crippen LogP contribution is -2.17. The van der Waals surface area contributed by atoms with Crippen molar-refractivity contribution in [2.75, 3.05) is 0 Å². The molecule has 0 aliphatic carbocycles. The second kappa shape index (κ2) is 2.83. The summed E-state index contributed by atoms with van der Waals surface area (Å²) in [5.41, 5.74) is 1.64. The first-order chi connectivity index (χ1) is 6.16. The first-order valence-corrected chi connectivity index (χ1v) is 4.16. The second-order valence-electron chi connectivity index (χ2n) is 3.21. The van der Waals surface area contributed by atoms with Crippen LogP contribution in [0.25, 0.3) is 0 Å². The van der Waals surface area contributed by atoms with Gasteiger partial charge in [0.1, 0.15) is 0 Å². The average Bonchev–Trinajstić information content (AvgIpc) is 2.06. The van der Waals surface area contributed by atoms with Crippen molar-refractivity contribution in [1.82, 2.24) is 0 Å². The lowest BCUT2D eigenvalue weighted by molar-refractivity contribution is -0.135. The topological polar surface area (TPSA) is 26.3 Å². The maximum Gasteiger partial charge on any atom is 0.311 e. The van der Waals surface area contributed by atoms with Gasteiger partial charge >= 0.3 is 5.97 Å². The molecule has 68 valence electrons. The number of ether oxygens (including phenoxy) is 1. The SMILES string of the molecule is Cc1cc(F)c2c(c1)CCC(=O)O2. The van der Waals surface area contributed by atoms with Crippen LogP contribution in [0.1, 0.15) is 17.5 Å². The van der Waals surface area contributed by atoms with E-state index in [1.807, 2.05) is 13.0 Å². The molecule has 1 aromatic rings. The molecule has 0 spiro atoms. The Labute approximate surface area is 75.3 Å². The van der Waals surface area contributed by atoms with Gasteiger partial charge < -0.3 is 4.74 Å². The summed E-state index contributed by atoms with van der Waals surface area (Å²) < 4.78 is 18.0. The van der Waals surface area contributed by atoms with Gasteiger partial charge in [0.15, 0.2) is 11.6 Å². The van der Waals surface area contributed by atoms with Crippen molar-refractivity contribution in [3.63, 3.8) is 0 Å². The lowest BCUT2D eigenvalue weighted by atomic mass is 10.0. The zero-order chi connectivity index (χ0) is 9.42. The monoisotopic (exact) mass is 180 g/mol. The number of rotatable bonds is 0. The Hall–Kier alpha value is -1.38. The molecule has 0 atom stereocenters. The molecule has 2 nitrogen and oxygen atoms in total. The van der Waals surface area contributed by atoms with Crippen molar-refractivity contribution in [3.05, 3.63) is 29.1 Å². The first kappa shape index (κ1) is 8.23. The predicted octanol–water partition coefficient (Wildman–Crippen LogP) is 1.99. The van der Waals surface area contributed by atoms with Crippen LogP contribution in [0.2, 0.25) is 0 Å². The van der Waals surface area contributed by atoms with Crippen LogP contribution in [-0.2, 0) is 11.2 Å². The number of benzene rings is 1. The summed E-state index contributed by atoms with van der Waals surface area (Å²) in [4.78, 5) is 10.9. The molecule has 0 bridgehead atoms. The summed E-state index contributed by atoms with van der Waals surface area (Å²) in [5.74, 6) is -0.680. The molecule has 1 aromatic carbocycles. The molecule has 2 rings (SSSR count). The van der Waals surface area contributed by atoms with E-state index >= 15 is 0 Å². The minimum atomic E-state index is -0.442. The van der Waals surface area contributed by atoms with Gasteiger partial charge in [-0.25, -0.2) is 4.39 Å². The minimum absolute atomic E-state index is 0.113. The van der Waals surface area contributed by atoms with Crippen LogP contribution >= 0.6 is 0 Å². The summed E-state index contributed by atoms with van der Waals surface area (Å²) in [6, 6.07) is 3.22. The van der Waals surface area contributed by atoms with E-state index in [0.717, 1.165) is 11.1 Å². The summed E-state index contributed by atoms with van der Waals surface area (Å²) in [7, 11) is 0. The van der Waals surface area contributed by atoms with E-state index < -0.39 is 5.82 Å². The summed E-state index contributed by atoms with van der Waals surface area (Å²) >= 11 is 0. The molecule has 1 heterocycles. The molecule has 3 heteroatoms. The fourth-order valence-electron chi connectivity index (χ4n) is 1.50. The largest absolute Gasteiger partial charge is 0.423 e. The Bertz CT molecular complexity index is 371. The van der Waals surface area contributed by atoms with E-state index in [9.17, 15) is 9.18 Å². The molecular weight excluding hydrogens is 171 g/mol. The molecule has 0 radical (unpaired) electrons. The van der Waals surface area contributed by atoms with Crippen molar-refractivity contribution in [1.29, 1.82) is 0 Å². The number of esters is 1. The van der Waals surface area contributed by atoms with Gasteiger partial charge in [0, 0.05) is 0 Å². The number of hydrogen-bond acceptors (Lipinski definition) is 2. The quantitative estimate of drug-likeness (QED) is 0.450. The highest BCUT2D eigenvalue weighted by Gasteiger charge is 2.20. The van der Waals surface area contributed by atoms with Crippen molar-refractivity contribution >= 4 is 5.97 Å². The summed E-state index contributed by atoms with van der Waals surface area (Å²) in [6.45, 7) is 1.82. The van der Waals surface area contributed by atoms with E-state index in [-0.39, 0.29) is 11.7 Å². The first-order valence-electron chi connectivity index (χ1n) is 4.16. The molecule has 1 aliphatic heterocycles. The van der Waals surface area contributed by atoms with Crippen LogP contribution in [0.4, 0.5) is 4.39 Å². The zero-order valence-corrected chi connectivity index (χ0v) is 7.26. The molecule has 0 aromatic heterocycles. The highest BCUT2D eigenvalue weighted by molar-refractivity contribution is 5.75. The average molecular weight is 180 g/mol. The van der Waals surface area contributed by atoms with Crippen molar-refractivity contribution in [2.45, 2.75) is 19.8 Å². The van der Waals surface area contributed by atoms with Gasteiger partial charge in [0.25, 0.3) is 0 Å². The minimum Gasteiger partial charge on any atom is -0.423 e. The van der Waals surface area contributed by atoms with Gasteiger partial charge in [0.2, 0.25) is 0 Å². The standard InChI is InChI=1S/C10H9FO2/c1-6-4-7-2-3-9(12)13-10(7)8(11)5-6/h4-5H,2-3H2,1H3. The number of aryl methyl sites for hydroxylation is 2. The zero-order valence-electron chi connectivity index (χ0n) is 7.26. The Kier molecular flexibility index (Phi) is 1.79. The third-order valence-electron chi connectivity index (χ3n) is 2.08. The molecule has 13 heavy (non-hydrogen) atoms. The Morgan fingerprint density at radius 3 is 2.92 bits per heavy atom. The Morgan fingerprint density at radius 1 is 1.38 bits per heavy atom. The Morgan fingerprint density at radius 2 is 2.15 bits per heavy atom. The molecular formula is C10H9FO2. The summed E-state index contributed by atoms with van der Waals surface area (Å²) in [5, 5.41) is 0. The molecule has 0 unspecified atom stereocenters. The van der Waals surface area contributed by atoms with Gasteiger partial charge in [-0.05, 0) is 30.5 Å². The third kappa shape index (κ3) is 1.41. The van der Waals surface area contributed by atoms with Gasteiger partial charge in [-0.2, -0.15) is 0 Å². The lowest BCUT2D eigenvalue weighted by Gasteiger charge is -2.16. The van der Waals surface area contributed by atoms with E-state index in [1.54, 1.807) is 0 Å². The van der Waals surface area contributed by atoms with Crippen LogP contribution in [0, 0.1) is 12.7 Å². The summed E-state index contributed by atoms with van der Waals surface area (Å²) in [6.07, 6.45) is 0.919. The maximum atomic E-state index is 13.2. The molecule has 0 saturated heterocycles. The van der Waals surface area contributed by atoms with Crippen molar-refractivity contribution < 1.29 is 13.9 Å². The highest BCUT2D eigenvalue weighted by atomic mass is 19.1. The van der Waals surface area contributed by atoms with Gasteiger partial charge in [0.05, 0.1) is 6.42 Å². The number of fused-ring (bicyclic) bond motifs is 1. The molecule has 0 amide bonds. The van der Waals surface area contributed by atoms with Crippen molar-refractivity contribution in [2.24, 2.45) is 0 Å². The van der Waals surface area contributed by atoms with Gasteiger partial charge in [-0.3, -0.25) is 4.79 Å². The fourth-order valence-corrected chi connectivity index (χ4v) is 1.50. The number of carbonyl (C=O) groups is 1. The number of halogens is 1. The highest BCUT2D eigenvalue weighted by Crippen LogP contribution is 2.29. The second-order valence-corrected chi connectivity index (χ2v) is 3.21. The van der Waals surface area contributed by atoms with Crippen LogP contribution in [0.15, 0.2) is 12.1 Å². The smallest absolute Gasteiger partial charge is 0.311 e. The predicted molar refractivity (Wildman–Crippen MR) is 45.1 cm³/mol. The van der Waals surface area contributed by atoms with Crippen molar-refractivity contribution in [3.8, 4) is 5.75 Å². The van der Waals surface area contributed by atoms with Crippen LogP contribution in [0.3, 0.4) is 0 Å². The van der Waals surface area contributed by atoms with Gasteiger partial charge in [-0.15, -0.1) is 0 Å². The number of carbonyl (C=O) groups excluding carboxylic acids is 1. The van der Waals surface area contributed by atoms with E-state index in [4.69, 9.17) is 4.74 Å². The third-order valence-corrected chi connectivity index (χ3v) is 2.08.